The first-order valence-electron chi connectivity index (χ1n) is 8.48. The summed E-state index contributed by atoms with van der Waals surface area (Å²) in [6.07, 6.45) is -4.32. The second kappa shape index (κ2) is 7.69. The molecule has 1 N–H and O–H groups in total. The van der Waals surface area contributed by atoms with Gasteiger partial charge >= 0.3 is 6.18 Å². The highest BCUT2D eigenvalue weighted by Gasteiger charge is 2.29. The Morgan fingerprint density at radius 1 is 0.852 bits per heavy atom. The van der Waals surface area contributed by atoms with Crippen LogP contribution in [0.1, 0.15) is 28.9 Å². The van der Waals surface area contributed by atoms with Crippen LogP contribution in [-0.4, -0.2) is 5.11 Å². The molecule has 0 radical (unpaired) electrons. The number of hydrogen-bond donors (Lipinski definition) is 1. The van der Waals surface area contributed by atoms with Gasteiger partial charge < -0.3 is 5.11 Å². The monoisotopic (exact) mass is 388 g/mol. The van der Waals surface area contributed by atoms with E-state index in [1.165, 1.54) is 12.1 Å². The van der Waals surface area contributed by atoms with Crippen molar-refractivity contribution in [2.45, 2.75) is 30.2 Å². The Labute approximate surface area is 160 Å². The van der Waals surface area contributed by atoms with Crippen LogP contribution < -0.4 is 0 Å². The van der Waals surface area contributed by atoms with Crippen LogP contribution in [0.5, 0.6) is 5.75 Å². The maximum Gasteiger partial charge on any atom is 0.416 e. The summed E-state index contributed by atoms with van der Waals surface area (Å²) < 4.78 is 38.0. The molecular weight excluding hydrogens is 369 g/mol. The lowest BCUT2D eigenvalue weighted by molar-refractivity contribution is -0.137. The molecule has 0 amide bonds. The fourth-order valence-corrected chi connectivity index (χ4v) is 3.86. The third-order valence-corrected chi connectivity index (χ3v) is 5.56. The van der Waals surface area contributed by atoms with Crippen LogP contribution in [0.2, 0.25) is 0 Å². The largest absolute Gasteiger partial charge is 0.508 e. The third-order valence-electron chi connectivity index (χ3n) is 4.41. The zero-order valence-corrected chi connectivity index (χ0v) is 15.7. The molecule has 1 atom stereocenters. The van der Waals surface area contributed by atoms with Crippen molar-refractivity contribution in [3.8, 4) is 16.9 Å². The highest BCUT2D eigenvalue weighted by molar-refractivity contribution is 7.99. The molecule has 0 aromatic heterocycles. The summed E-state index contributed by atoms with van der Waals surface area (Å²) in [6, 6.07) is 18.6. The van der Waals surface area contributed by atoms with Gasteiger partial charge in [-0.2, -0.15) is 13.2 Å². The van der Waals surface area contributed by atoms with Crippen LogP contribution in [0.25, 0.3) is 11.1 Å². The molecule has 5 heteroatoms. The molecule has 0 fully saturated rings. The van der Waals surface area contributed by atoms with Crippen molar-refractivity contribution < 1.29 is 18.3 Å². The van der Waals surface area contributed by atoms with Crippen molar-refractivity contribution in [2.24, 2.45) is 0 Å². The van der Waals surface area contributed by atoms with Crippen LogP contribution in [-0.2, 0) is 6.18 Å². The lowest BCUT2D eigenvalue weighted by atomic mass is 10.0. The number of benzene rings is 3. The van der Waals surface area contributed by atoms with Gasteiger partial charge in [0.15, 0.2) is 0 Å². The standard InChI is InChI=1S/C22H19F3OS/c1-14-13-20(11-12-21(14)26)27-15(2)16-3-5-17(6-4-16)18-7-9-19(10-8-18)22(23,24)25/h3-13,15,26H,1-2H3. The lowest BCUT2D eigenvalue weighted by Gasteiger charge is -2.13. The quantitative estimate of drug-likeness (QED) is 0.475. The van der Waals surface area contributed by atoms with Gasteiger partial charge in [-0.1, -0.05) is 36.4 Å². The van der Waals surface area contributed by atoms with Crippen molar-refractivity contribution >= 4 is 11.8 Å². The van der Waals surface area contributed by atoms with Crippen molar-refractivity contribution in [3.63, 3.8) is 0 Å². The number of phenols is 1. The van der Waals surface area contributed by atoms with Gasteiger partial charge in [0.2, 0.25) is 0 Å². The molecular formula is C22H19F3OS. The number of rotatable bonds is 4. The molecule has 0 bridgehead atoms. The number of thioether (sulfide) groups is 1. The number of hydrogen-bond acceptors (Lipinski definition) is 2. The summed E-state index contributed by atoms with van der Waals surface area (Å²) in [6.45, 7) is 3.96. The number of aromatic hydroxyl groups is 1. The third kappa shape index (κ3) is 4.66. The topological polar surface area (TPSA) is 20.2 Å². The van der Waals surface area contributed by atoms with Gasteiger partial charge in [0.05, 0.1) is 5.56 Å². The lowest BCUT2D eigenvalue weighted by Crippen LogP contribution is -2.03. The van der Waals surface area contributed by atoms with E-state index in [-0.39, 0.29) is 11.0 Å². The van der Waals surface area contributed by atoms with E-state index in [1.54, 1.807) is 17.8 Å². The molecule has 140 valence electrons. The Bertz CT molecular complexity index is 916. The van der Waals surface area contributed by atoms with Crippen molar-refractivity contribution in [1.29, 1.82) is 0 Å². The number of alkyl halides is 3. The van der Waals surface area contributed by atoms with E-state index in [2.05, 4.69) is 6.92 Å². The van der Waals surface area contributed by atoms with E-state index in [0.29, 0.717) is 0 Å². The minimum Gasteiger partial charge on any atom is -0.508 e. The second-order valence-corrected chi connectivity index (χ2v) is 7.82. The van der Waals surface area contributed by atoms with E-state index in [9.17, 15) is 18.3 Å². The highest BCUT2D eigenvalue weighted by atomic mass is 32.2. The van der Waals surface area contributed by atoms with Crippen LogP contribution in [0.3, 0.4) is 0 Å². The Morgan fingerprint density at radius 2 is 1.41 bits per heavy atom. The van der Waals surface area contributed by atoms with Gasteiger partial charge in [-0.05, 0) is 66.4 Å². The van der Waals surface area contributed by atoms with Gasteiger partial charge in [-0.3, -0.25) is 0 Å². The van der Waals surface area contributed by atoms with Gasteiger partial charge in [-0.15, -0.1) is 11.8 Å². The normalized spacial score (nSPS) is 12.8. The van der Waals surface area contributed by atoms with E-state index < -0.39 is 11.7 Å². The van der Waals surface area contributed by atoms with Gasteiger partial charge in [-0.25, -0.2) is 0 Å². The molecule has 0 spiro atoms. The van der Waals surface area contributed by atoms with Crippen molar-refractivity contribution in [2.75, 3.05) is 0 Å². The molecule has 3 rings (SSSR count). The first-order chi connectivity index (χ1) is 12.7. The Balaban J connectivity index is 1.73. The molecule has 27 heavy (non-hydrogen) atoms. The van der Waals surface area contributed by atoms with E-state index in [4.69, 9.17) is 0 Å². The first-order valence-corrected chi connectivity index (χ1v) is 9.36. The number of aryl methyl sites for hydroxylation is 1. The summed E-state index contributed by atoms with van der Waals surface area (Å²) in [4.78, 5) is 1.07. The predicted molar refractivity (Wildman–Crippen MR) is 104 cm³/mol. The van der Waals surface area contributed by atoms with Crippen molar-refractivity contribution in [3.05, 3.63) is 83.4 Å². The van der Waals surface area contributed by atoms with E-state index in [1.807, 2.05) is 43.3 Å². The molecule has 0 saturated heterocycles. The zero-order chi connectivity index (χ0) is 19.6. The maximum atomic E-state index is 12.7. The van der Waals surface area contributed by atoms with Crippen molar-refractivity contribution in [1.82, 2.24) is 0 Å². The zero-order valence-electron chi connectivity index (χ0n) is 14.9. The second-order valence-electron chi connectivity index (χ2n) is 6.41. The molecule has 0 aliphatic heterocycles. The molecule has 0 heterocycles. The predicted octanol–water partition coefficient (Wildman–Crippen LogP) is 7.24. The molecule has 1 unspecified atom stereocenters. The first kappa shape index (κ1) is 19.4. The van der Waals surface area contributed by atoms with Crippen LogP contribution in [0.15, 0.2) is 71.6 Å². The average Bonchev–Trinajstić information content (AvgIpc) is 2.64. The van der Waals surface area contributed by atoms with Gasteiger partial charge in [0.1, 0.15) is 5.75 Å². The summed E-state index contributed by atoms with van der Waals surface area (Å²) in [5.41, 5.74) is 2.96. The fraction of sp³-hybridized carbons (Fsp3) is 0.182. The Kier molecular flexibility index (Phi) is 5.51. The average molecular weight is 388 g/mol. The number of halogens is 3. The smallest absolute Gasteiger partial charge is 0.416 e. The summed E-state index contributed by atoms with van der Waals surface area (Å²) >= 11 is 1.69. The van der Waals surface area contributed by atoms with Crippen LogP contribution >= 0.6 is 11.8 Å². The SMILES string of the molecule is Cc1cc(SC(C)c2ccc(-c3ccc(C(F)(F)F)cc3)cc2)ccc1O. The van der Waals surface area contributed by atoms with E-state index >= 15 is 0 Å². The Morgan fingerprint density at radius 3 is 1.93 bits per heavy atom. The maximum absolute atomic E-state index is 12.7. The van der Waals surface area contributed by atoms with E-state index in [0.717, 1.165) is 39.3 Å². The Hall–Kier alpha value is -2.40. The minimum absolute atomic E-state index is 0.204. The highest BCUT2D eigenvalue weighted by Crippen LogP contribution is 2.37. The van der Waals surface area contributed by atoms with Crippen LogP contribution in [0, 0.1) is 6.92 Å². The summed E-state index contributed by atoms with van der Waals surface area (Å²) in [7, 11) is 0. The molecule has 3 aromatic rings. The fourth-order valence-electron chi connectivity index (χ4n) is 2.77. The summed E-state index contributed by atoms with van der Waals surface area (Å²) in [5, 5.41) is 9.83. The summed E-state index contributed by atoms with van der Waals surface area (Å²) in [5.74, 6) is 0.285. The molecule has 0 aliphatic carbocycles. The minimum atomic E-state index is -4.32. The molecule has 0 saturated carbocycles. The van der Waals surface area contributed by atoms with Gasteiger partial charge in [0, 0.05) is 10.1 Å². The van der Waals surface area contributed by atoms with Gasteiger partial charge in [0.25, 0.3) is 0 Å². The number of phenolic OH excluding ortho intramolecular Hbond substituents is 1. The molecule has 0 aliphatic rings. The molecule has 1 nitrogen and oxygen atoms in total. The molecule has 3 aromatic carbocycles. The van der Waals surface area contributed by atoms with Crippen LogP contribution in [0.4, 0.5) is 13.2 Å².